The molecule has 0 saturated heterocycles. The van der Waals surface area contributed by atoms with Gasteiger partial charge in [0, 0.05) is 29.8 Å². The molecule has 0 radical (unpaired) electrons. The van der Waals surface area contributed by atoms with Crippen molar-refractivity contribution < 1.29 is 40.7 Å². The van der Waals surface area contributed by atoms with Gasteiger partial charge in [-0.1, -0.05) is 24.3 Å². The van der Waals surface area contributed by atoms with Crippen molar-refractivity contribution in [2.75, 3.05) is 11.4 Å². The monoisotopic (exact) mass is 515 g/mol. The van der Waals surface area contributed by atoms with Crippen LogP contribution in [0.1, 0.15) is 45.8 Å². The number of halogens is 6. The van der Waals surface area contributed by atoms with Crippen molar-refractivity contribution in [1.82, 2.24) is 4.98 Å². The van der Waals surface area contributed by atoms with Crippen LogP contribution in [0.2, 0.25) is 0 Å². The van der Waals surface area contributed by atoms with Gasteiger partial charge in [0.1, 0.15) is 11.5 Å². The zero-order chi connectivity index (χ0) is 26.9. The number of aromatic nitrogens is 1. The van der Waals surface area contributed by atoms with Gasteiger partial charge in [0.25, 0.3) is 5.60 Å². The topological polar surface area (TPSA) is 92.6 Å². The second kappa shape index (κ2) is 9.84. The minimum Gasteiger partial charge on any atom is -0.445 e. The van der Waals surface area contributed by atoms with Crippen LogP contribution in [0.4, 0.5) is 32.0 Å². The SMILES string of the molecule is CCN(Cc1nc(Cc2ccc(C(N)=O)cc2)oc1C)c1ccc(C(O)(C(F)(F)F)C(F)(F)F)cc1. The highest BCUT2D eigenvalue weighted by molar-refractivity contribution is 5.92. The molecule has 3 aromatic rings. The molecule has 1 aromatic heterocycles. The van der Waals surface area contributed by atoms with E-state index in [2.05, 4.69) is 4.98 Å². The molecule has 3 rings (SSSR count). The number of benzene rings is 2. The first-order valence-corrected chi connectivity index (χ1v) is 10.7. The fraction of sp³-hybridized carbons (Fsp3) is 0.333. The number of anilines is 1. The van der Waals surface area contributed by atoms with E-state index in [1.165, 1.54) is 0 Å². The van der Waals surface area contributed by atoms with E-state index >= 15 is 0 Å². The predicted octanol–water partition coefficient (Wildman–Crippen LogP) is 5.01. The van der Waals surface area contributed by atoms with E-state index in [9.17, 15) is 36.2 Å². The van der Waals surface area contributed by atoms with Gasteiger partial charge in [0.15, 0.2) is 5.89 Å². The first-order chi connectivity index (χ1) is 16.7. The van der Waals surface area contributed by atoms with E-state index in [0.29, 0.717) is 53.7 Å². The number of primary amides is 1. The zero-order valence-corrected chi connectivity index (χ0v) is 19.2. The number of hydrogen-bond acceptors (Lipinski definition) is 5. The molecule has 1 heterocycles. The second-order valence-electron chi connectivity index (χ2n) is 8.12. The third-order valence-electron chi connectivity index (χ3n) is 5.72. The summed E-state index contributed by atoms with van der Waals surface area (Å²) in [6, 6.07) is 9.96. The van der Waals surface area contributed by atoms with E-state index in [-0.39, 0.29) is 6.54 Å². The molecule has 194 valence electrons. The van der Waals surface area contributed by atoms with Crippen molar-refractivity contribution in [2.45, 2.75) is 44.8 Å². The summed E-state index contributed by atoms with van der Waals surface area (Å²) in [6.07, 6.45) is -11.6. The van der Waals surface area contributed by atoms with Crippen LogP contribution in [-0.2, 0) is 18.6 Å². The number of alkyl halides is 6. The Morgan fingerprint density at radius 3 is 2.03 bits per heavy atom. The number of amides is 1. The standard InChI is InChI=1S/C24H23F6N3O3/c1-3-33(18-10-8-17(9-11-18)22(35,23(25,26)27)24(28,29)30)13-19-14(2)36-20(32-19)12-15-4-6-16(7-5-15)21(31)34/h4-11,35H,3,12-13H2,1-2H3,(H2,31,34). The number of hydrogen-bond donors (Lipinski definition) is 2. The van der Waals surface area contributed by atoms with E-state index in [1.54, 1.807) is 43.0 Å². The fourth-order valence-corrected chi connectivity index (χ4v) is 3.64. The summed E-state index contributed by atoms with van der Waals surface area (Å²) < 4.78 is 84.5. The Bertz CT molecular complexity index is 1190. The van der Waals surface area contributed by atoms with Crippen molar-refractivity contribution in [3.05, 3.63) is 82.6 Å². The average Bonchev–Trinajstić information content (AvgIpc) is 3.14. The summed E-state index contributed by atoms with van der Waals surface area (Å²) in [5.74, 6) is 0.337. The van der Waals surface area contributed by atoms with Gasteiger partial charge in [0.05, 0.1) is 6.54 Å². The molecular formula is C24H23F6N3O3. The third kappa shape index (κ3) is 5.32. The van der Waals surface area contributed by atoms with Gasteiger partial charge in [-0.15, -0.1) is 0 Å². The lowest BCUT2D eigenvalue weighted by Crippen LogP contribution is -2.53. The molecule has 6 nitrogen and oxygen atoms in total. The van der Waals surface area contributed by atoms with Crippen molar-refractivity contribution in [3.8, 4) is 0 Å². The van der Waals surface area contributed by atoms with E-state index in [0.717, 1.165) is 17.7 Å². The molecule has 1 amide bonds. The minimum atomic E-state index is -5.95. The number of oxazole rings is 1. The number of nitrogens with two attached hydrogens (primary N) is 1. The lowest BCUT2D eigenvalue weighted by molar-refractivity contribution is -0.376. The van der Waals surface area contributed by atoms with Crippen molar-refractivity contribution in [1.29, 1.82) is 0 Å². The van der Waals surface area contributed by atoms with Gasteiger partial charge in [-0.2, -0.15) is 26.3 Å². The molecule has 0 fully saturated rings. The van der Waals surface area contributed by atoms with Crippen molar-refractivity contribution in [3.63, 3.8) is 0 Å². The van der Waals surface area contributed by atoms with Gasteiger partial charge in [0.2, 0.25) is 5.91 Å². The number of aryl methyl sites for hydroxylation is 1. The molecule has 36 heavy (non-hydrogen) atoms. The molecule has 0 aliphatic carbocycles. The molecule has 3 N–H and O–H groups in total. The molecule has 0 unspecified atom stereocenters. The highest BCUT2D eigenvalue weighted by Crippen LogP contribution is 2.50. The van der Waals surface area contributed by atoms with Crippen LogP contribution < -0.4 is 10.6 Å². The first kappa shape index (κ1) is 27.1. The van der Waals surface area contributed by atoms with Crippen LogP contribution in [0, 0.1) is 6.92 Å². The molecular weight excluding hydrogens is 492 g/mol. The third-order valence-corrected chi connectivity index (χ3v) is 5.72. The van der Waals surface area contributed by atoms with Gasteiger partial charge < -0.3 is 20.2 Å². The number of rotatable bonds is 8. The average molecular weight is 515 g/mol. The smallest absolute Gasteiger partial charge is 0.430 e. The number of carbonyl (C=O) groups excluding carboxylic acids is 1. The molecule has 0 aliphatic heterocycles. The maximum Gasteiger partial charge on any atom is 0.430 e. The summed E-state index contributed by atoms with van der Waals surface area (Å²) in [7, 11) is 0. The molecule has 2 aromatic carbocycles. The number of carbonyl (C=O) groups is 1. The van der Waals surface area contributed by atoms with Gasteiger partial charge in [-0.3, -0.25) is 4.79 Å². The molecule has 0 aliphatic rings. The summed E-state index contributed by atoms with van der Waals surface area (Å²) in [5.41, 5.74) is 0.957. The van der Waals surface area contributed by atoms with Crippen LogP contribution in [0.15, 0.2) is 52.9 Å². The first-order valence-electron chi connectivity index (χ1n) is 10.7. The largest absolute Gasteiger partial charge is 0.445 e. The molecule has 0 spiro atoms. The van der Waals surface area contributed by atoms with Crippen LogP contribution in [0.25, 0.3) is 0 Å². The van der Waals surface area contributed by atoms with E-state index in [4.69, 9.17) is 10.2 Å². The summed E-state index contributed by atoms with van der Waals surface area (Å²) >= 11 is 0. The molecule has 12 heteroatoms. The Morgan fingerprint density at radius 1 is 1.00 bits per heavy atom. The van der Waals surface area contributed by atoms with Crippen LogP contribution in [0.3, 0.4) is 0 Å². The quantitative estimate of drug-likeness (QED) is 0.412. The Hall–Kier alpha value is -3.54. The Kier molecular flexibility index (Phi) is 7.40. The summed E-state index contributed by atoms with van der Waals surface area (Å²) in [6.45, 7) is 3.98. The van der Waals surface area contributed by atoms with Crippen LogP contribution in [-0.4, -0.2) is 34.9 Å². The fourth-order valence-electron chi connectivity index (χ4n) is 3.64. The van der Waals surface area contributed by atoms with Gasteiger partial charge in [-0.25, -0.2) is 4.98 Å². The molecule has 0 bridgehead atoms. The highest BCUT2D eigenvalue weighted by atomic mass is 19.4. The van der Waals surface area contributed by atoms with Crippen molar-refractivity contribution in [2.24, 2.45) is 5.73 Å². The summed E-state index contributed by atoms with van der Waals surface area (Å²) in [4.78, 5) is 17.3. The van der Waals surface area contributed by atoms with Gasteiger partial charge >= 0.3 is 12.4 Å². The zero-order valence-electron chi connectivity index (χ0n) is 19.2. The summed E-state index contributed by atoms with van der Waals surface area (Å²) in [5, 5.41) is 9.57. The Labute approximate surface area is 202 Å². The molecule has 0 saturated carbocycles. The van der Waals surface area contributed by atoms with Gasteiger partial charge in [-0.05, 0) is 43.7 Å². The lowest BCUT2D eigenvalue weighted by atomic mass is 9.92. The second-order valence-corrected chi connectivity index (χ2v) is 8.12. The maximum atomic E-state index is 13.1. The Balaban J connectivity index is 1.79. The Morgan fingerprint density at radius 2 is 1.56 bits per heavy atom. The van der Waals surface area contributed by atoms with E-state index < -0.39 is 29.4 Å². The van der Waals surface area contributed by atoms with Crippen LogP contribution in [0.5, 0.6) is 0 Å². The lowest BCUT2D eigenvalue weighted by Gasteiger charge is -2.33. The highest BCUT2D eigenvalue weighted by Gasteiger charge is 2.71. The van der Waals surface area contributed by atoms with E-state index in [1.807, 2.05) is 0 Å². The normalized spacial score (nSPS) is 12.6. The predicted molar refractivity (Wildman–Crippen MR) is 118 cm³/mol. The maximum absolute atomic E-state index is 13.1. The number of aliphatic hydroxyl groups is 1. The van der Waals surface area contributed by atoms with Crippen LogP contribution >= 0.6 is 0 Å². The minimum absolute atomic E-state index is 0.175. The number of nitrogens with zero attached hydrogens (tertiary/aromatic N) is 2. The van der Waals surface area contributed by atoms with Crippen molar-refractivity contribution >= 4 is 11.6 Å². The molecule has 0 atom stereocenters.